The molecule has 0 atom stereocenters. The number of rotatable bonds is 10. The summed E-state index contributed by atoms with van der Waals surface area (Å²) in [5.74, 6) is 0. The van der Waals surface area contributed by atoms with Crippen molar-refractivity contribution < 1.29 is 9.47 Å². The van der Waals surface area contributed by atoms with E-state index in [0.717, 1.165) is 19.6 Å². The van der Waals surface area contributed by atoms with Crippen LogP contribution in [0.15, 0.2) is 0 Å². The molecule has 0 aliphatic rings. The van der Waals surface area contributed by atoms with Gasteiger partial charge in [-0.15, -0.1) is 0 Å². The van der Waals surface area contributed by atoms with Crippen LogP contribution in [0.3, 0.4) is 0 Å². The fourth-order valence-corrected chi connectivity index (χ4v) is 1.85. The summed E-state index contributed by atoms with van der Waals surface area (Å²) >= 11 is 0. The summed E-state index contributed by atoms with van der Waals surface area (Å²) in [6.45, 7) is 7.84. The SMILES string of the molecule is CCC(CC)(CCOCCOC)CNC. The number of nitrogens with one attached hydrogen (secondary N) is 1. The third kappa shape index (κ3) is 6.13. The Bertz CT molecular complexity index is 136. The van der Waals surface area contributed by atoms with Gasteiger partial charge in [-0.05, 0) is 31.7 Å². The van der Waals surface area contributed by atoms with Gasteiger partial charge in [0.15, 0.2) is 0 Å². The highest BCUT2D eigenvalue weighted by Gasteiger charge is 2.24. The molecule has 1 N–H and O–H groups in total. The molecule has 0 aromatic heterocycles. The van der Waals surface area contributed by atoms with Crippen LogP contribution in [0.1, 0.15) is 33.1 Å². The Labute approximate surface area is 94.5 Å². The summed E-state index contributed by atoms with van der Waals surface area (Å²) in [6.07, 6.45) is 3.54. The van der Waals surface area contributed by atoms with Gasteiger partial charge in [0.1, 0.15) is 0 Å². The van der Waals surface area contributed by atoms with Gasteiger partial charge in [-0.25, -0.2) is 0 Å². The second-order valence-corrected chi connectivity index (χ2v) is 4.09. The summed E-state index contributed by atoms with van der Waals surface area (Å²) < 4.78 is 10.5. The third-order valence-electron chi connectivity index (χ3n) is 3.26. The quantitative estimate of drug-likeness (QED) is 0.568. The van der Waals surface area contributed by atoms with Crippen molar-refractivity contribution in [2.24, 2.45) is 5.41 Å². The van der Waals surface area contributed by atoms with E-state index in [1.165, 1.54) is 12.8 Å². The summed E-state index contributed by atoms with van der Waals surface area (Å²) in [7, 11) is 3.72. The molecular weight excluding hydrogens is 190 g/mol. The number of ether oxygens (including phenoxy) is 2. The maximum Gasteiger partial charge on any atom is 0.0700 e. The fourth-order valence-electron chi connectivity index (χ4n) is 1.85. The lowest BCUT2D eigenvalue weighted by Crippen LogP contribution is -2.32. The first-order chi connectivity index (χ1) is 7.24. The van der Waals surface area contributed by atoms with Crippen molar-refractivity contribution in [1.29, 1.82) is 0 Å². The van der Waals surface area contributed by atoms with Crippen LogP contribution in [-0.4, -0.2) is 40.5 Å². The van der Waals surface area contributed by atoms with Crippen LogP contribution >= 0.6 is 0 Å². The third-order valence-corrected chi connectivity index (χ3v) is 3.26. The zero-order chi connectivity index (χ0) is 11.6. The molecule has 0 unspecified atom stereocenters. The van der Waals surface area contributed by atoms with Crippen molar-refractivity contribution in [3.05, 3.63) is 0 Å². The Hall–Kier alpha value is -0.120. The average molecular weight is 217 g/mol. The molecule has 15 heavy (non-hydrogen) atoms. The van der Waals surface area contributed by atoms with Gasteiger partial charge in [-0.2, -0.15) is 0 Å². The van der Waals surface area contributed by atoms with Gasteiger partial charge in [0.25, 0.3) is 0 Å². The molecule has 0 amide bonds. The molecule has 92 valence electrons. The predicted molar refractivity (Wildman–Crippen MR) is 64.3 cm³/mol. The molecule has 3 heteroatoms. The Morgan fingerprint density at radius 1 is 1.07 bits per heavy atom. The molecule has 0 radical (unpaired) electrons. The minimum absolute atomic E-state index is 0.405. The second-order valence-electron chi connectivity index (χ2n) is 4.09. The molecule has 0 aromatic rings. The number of methoxy groups -OCH3 is 1. The first-order valence-corrected chi connectivity index (χ1v) is 5.96. The zero-order valence-electron chi connectivity index (χ0n) is 10.8. The Kier molecular flexibility index (Phi) is 9.06. The predicted octanol–water partition coefficient (Wildman–Crippen LogP) is 2.07. The van der Waals surface area contributed by atoms with E-state index in [1.807, 2.05) is 7.05 Å². The normalized spacial score (nSPS) is 12.0. The van der Waals surface area contributed by atoms with E-state index in [0.29, 0.717) is 18.6 Å². The summed E-state index contributed by atoms with van der Waals surface area (Å²) in [4.78, 5) is 0. The summed E-state index contributed by atoms with van der Waals surface area (Å²) in [5, 5.41) is 3.28. The van der Waals surface area contributed by atoms with Crippen LogP contribution in [0.4, 0.5) is 0 Å². The first-order valence-electron chi connectivity index (χ1n) is 5.96. The second kappa shape index (κ2) is 9.13. The molecule has 0 heterocycles. The van der Waals surface area contributed by atoms with Crippen LogP contribution in [0, 0.1) is 5.41 Å². The van der Waals surface area contributed by atoms with E-state index in [9.17, 15) is 0 Å². The molecule has 0 aliphatic heterocycles. The van der Waals surface area contributed by atoms with Gasteiger partial charge in [0, 0.05) is 20.3 Å². The van der Waals surface area contributed by atoms with Crippen molar-refractivity contribution in [1.82, 2.24) is 5.32 Å². The highest BCUT2D eigenvalue weighted by Crippen LogP contribution is 2.29. The average Bonchev–Trinajstić information content (AvgIpc) is 2.27. The van der Waals surface area contributed by atoms with Crippen molar-refractivity contribution in [3.63, 3.8) is 0 Å². The minimum Gasteiger partial charge on any atom is -0.382 e. The molecule has 3 nitrogen and oxygen atoms in total. The highest BCUT2D eigenvalue weighted by molar-refractivity contribution is 4.78. The first kappa shape index (κ1) is 14.9. The lowest BCUT2D eigenvalue weighted by molar-refractivity contribution is 0.0490. The van der Waals surface area contributed by atoms with Crippen LogP contribution in [0.5, 0.6) is 0 Å². The molecule has 0 aliphatic carbocycles. The molecular formula is C12H27NO2. The van der Waals surface area contributed by atoms with Crippen LogP contribution in [0.25, 0.3) is 0 Å². The van der Waals surface area contributed by atoms with Gasteiger partial charge >= 0.3 is 0 Å². The number of hydrogen-bond donors (Lipinski definition) is 1. The Balaban J connectivity index is 3.74. The van der Waals surface area contributed by atoms with Crippen molar-refractivity contribution in [2.45, 2.75) is 33.1 Å². The van der Waals surface area contributed by atoms with E-state index in [1.54, 1.807) is 7.11 Å². The van der Waals surface area contributed by atoms with E-state index in [2.05, 4.69) is 19.2 Å². The Morgan fingerprint density at radius 2 is 1.73 bits per heavy atom. The van der Waals surface area contributed by atoms with Crippen molar-refractivity contribution in [3.8, 4) is 0 Å². The fraction of sp³-hybridized carbons (Fsp3) is 1.00. The smallest absolute Gasteiger partial charge is 0.0700 e. The van der Waals surface area contributed by atoms with Gasteiger partial charge < -0.3 is 14.8 Å². The Morgan fingerprint density at radius 3 is 2.20 bits per heavy atom. The van der Waals surface area contributed by atoms with Crippen LogP contribution < -0.4 is 5.32 Å². The lowest BCUT2D eigenvalue weighted by Gasteiger charge is -2.31. The summed E-state index contributed by atoms with van der Waals surface area (Å²) in [5.41, 5.74) is 0.405. The van der Waals surface area contributed by atoms with E-state index in [4.69, 9.17) is 9.47 Å². The topological polar surface area (TPSA) is 30.5 Å². The molecule has 0 rings (SSSR count). The van der Waals surface area contributed by atoms with Crippen molar-refractivity contribution in [2.75, 3.05) is 40.5 Å². The largest absolute Gasteiger partial charge is 0.382 e. The monoisotopic (exact) mass is 217 g/mol. The maximum absolute atomic E-state index is 5.53. The molecule has 0 saturated carbocycles. The van der Waals surface area contributed by atoms with Gasteiger partial charge in [0.05, 0.1) is 13.2 Å². The maximum atomic E-state index is 5.53. The molecule has 0 saturated heterocycles. The van der Waals surface area contributed by atoms with E-state index >= 15 is 0 Å². The highest BCUT2D eigenvalue weighted by atomic mass is 16.5. The van der Waals surface area contributed by atoms with Crippen molar-refractivity contribution >= 4 is 0 Å². The molecule has 0 bridgehead atoms. The zero-order valence-corrected chi connectivity index (χ0v) is 10.8. The van der Waals surface area contributed by atoms with Gasteiger partial charge in [-0.3, -0.25) is 0 Å². The van der Waals surface area contributed by atoms with E-state index in [-0.39, 0.29) is 0 Å². The minimum atomic E-state index is 0.405. The van der Waals surface area contributed by atoms with Gasteiger partial charge in [-0.1, -0.05) is 13.8 Å². The number of hydrogen-bond acceptors (Lipinski definition) is 3. The standard InChI is InChI=1S/C12H27NO2/c1-5-12(6-2,11-13-3)7-8-15-10-9-14-4/h13H,5-11H2,1-4H3. The summed E-state index contributed by atoms with van der Waals surface area (Å²) in [6, 6.07) is 0. The molecule has 0 fully saturated rings. The molecule has 0 aromatic carbocycles. The van der Waals surface area contributed by atoms with Gasteiger partial charge in [0.2, 0.25) is 0 Å². The van der Waals surface area contributed by atoms with Crippen LogP contribution in [0.2, 0.25) is 0 Å². The van der Waals surface area contributed by atoms with Crippen LogP contribution in [-0.2, 0) is 9.47 Å². The molecule has 0 spiro atoms. The van der Waals surface area contributed by atoms with E-state index < -0.39 is 0 Å². The lowest BCUT2D eigenvalue weighted by atomic mass is 9.79.